The molecule has 2 aromatic carbocycles. The average Bonchev–Trinajstić information content (AvgIpc) is 2.84. The van der Waals surface area contributed by atoms with E-state index in [4.69, 9.17) is 0 Å². The number of benzene rings is 2. The summed E-state index contributed by atoms with van der Waals surface area (Å²) in [5.41, 5.74) is 0.489. The van der Waals surface area contributed by atoms with E-state index in [1.54, 1.807) is 0 Å². The molecular formula is C18H11F3INO2S. The smallest absolute Gasteiger partial charge is 0.268 e. The van der Waals surface area contributed by atoms with Gasteiger partial charge in [-0.15, -0.1) is 0 Å². The lowest BCUT2D eigenvalue weighted by Gasteiger charge is -2.12. The lowest BCUT2D eigenvalue weighted by Crippen LogP contribution is -2.27. The molecule has 1 aliphatic rings. The third-order valence-electron chi connectivity index (χ3n) is 3.66. The van der Waals surface area contributed by atoms with Crippen molar-refractivity contribution < 1.29 is 22.8 Å². The summed E-state index contributed by atoms with van der Waals surface area (Å²) in [6, 6.07) is 11.9. The van der Waals surface area contributed by atoms with Gasteiger partial charge in [-0.3, -0.25) is 14.5 Å². The summed E-state index contributed by atoms with van der Waals surface area (Å²) in [6.07, 6.45) is -2.98. The minimum Gasteiger partial charge on any atom is -0.268 e. The molecule has 0 aliphatic carbocycles. The quantitative estimate of drug-likeness (QED) is 0.420. The molecule has 0 bridgehead atoms. The largest absolute Gasteiger partial charge is 0.416 e. The van der Waals surface area contributed by atoms with E-state index in [1.807, 2.05) is 24.3 Å². The molecule has 2 aromatic rings. The van der Waals surface area contributed by atoms with Crippen molar-refractivity contribution >= 4 is 51.6 Å². The Kier molecular flexibility index (Phi) is 5.42. The van der Waals surface area contributed by atoms with E-state index in [9.17, 15) is 22.8 Å². The van der Waals surface area contributed by atoms with Gasteiger partial charge in [0.2, 0.25) is 0 Å². The molecule has 134 valence electrons. The van der Waals surface area contributed by atoms with E-state index in [1.165, 1.54) is 18.2 Å². The van der Waals surface area contributed by atoms with Crippen molar-refractivity contribution in [2.45, 2.75) is 12.7 Å². The Morgan fingerprint density at radius 1 is 1.00 bits per heavy atom. The Bertz CT molecular complexity index is 877. The summed E-state index contributed by atoms with van der Waals surface area (Å²) in [4.78, 5) is 25.9. The number of imide groups is 1. The predicted molar refractivity (Wildman–Crippen MR) is 102 cm³/mol. The molecule has 3 nitrogen and oxygen atoms in total. The van der Waals surface area contributed by atoms with Crippen molar-refractivity contribution in [3.63, 3.8) is 0 Å². The van der Waals surface area contributed by atoms with Crippen LogP contribution in [0.2, 0.25) is 0 Å². The third kappa shape index (κ3) is 4.29. The second kappa shape index (κ2) is 7.43. The van der Waals surface area contributed by atoms with Gasteiger partial charge in [0.05, 0.1) is 17.0 Å². The van der Waals surface area contributed by atoms with Gasteiger partial charge in [-0.2, -0.15) is 13.2 Å². The van der Waals surface area contributed by atoms with E-state index in [-0.39, 0.29) is 11.4 Å². The first-order valence-corrected chi connectivity index (χ1v) is 9.30. The van der Waals surface area contributed by atoms with Crippen LogP contribution in [0.3, 0.4) is 0 Å². The van der Waals surface area contributed by atoms with Crippen LogP contribution in [0.25, 0.3) is 6.08 Å². The first kappa shape index (κ1) is 19.0. The number of hydrogen-bond donors (Lipinski definition) is 0. The number of carbonyl (C=O) groups is 2. The van der Waals surface area contributed by atoms with Gasteiger partial charge >= 0.3 is 6.18 Å². The second-order valence-electron chi connectivity index (χ2n) is 5.51. The molecule has 1 heterocycles. The minimum atomic E-state index is -4.41. The summed E-state index contributed by atoms with van der Waals surface area (Å²) in [5, 5.41) is -0.397. The van der Waals surface area contributed by atoms with Gasteiger partial charge in [0.1, 0.15) is 0 Å². The van der Waals surface area contributed by atoms with Gasteiger partial charge in [-0.1, -0.05) is 24.3 Å². The average molecular weight is 489 g/mol. The highest BCUT2D eigenvalue weighted by Gasteiger charge is 2.35. The normalized spacial score (nSPS) is 16.6. The molecule has 0 spiro atoms. The molecule has 0 aromatic heterocycles. The number of thioether (sulfide) groups is 1. The number of amides is 2. The van der Waals surface area contributed by atoms with Gasteiger partial charge in [0.25, 0.3) is 11.1 Å². The molecular weight excluding hydrogens is 478 g/mol. The molecule has 8 heteroatoms. The van der Waals surface area contributed by atoms with E-state index < -0.39 is 22.9 Å². The first-order chi connectivity index (χ1) is 12.2. The van der Waals surface area contributed by atoms with Gasteiger partial charge in [-0.05, 0) is 75.8 Å². The van der Waals surface area contributed by atoms with E-state index in [0.717, 1.165) is 37.9 Å². The monoisotopic (exact) mass is 489 g/mol. The van der Waals surface area contributed by atoms with Gasteiger partial charge < -0.3 is 0 Å². The molecule has 3 rings (SSSR count). The van der Waals surface area contributed by atoms with E-state index in [2.05, 4.69) is 22.6 Å². The van der Waals surface area contributed by atoms with Crippen molar-refractivity contribution in [3.05, 3.63) is 73.7 Å². The van der Waals surface area contributed by atoms with Crippen LogP contribution in [-0.4, -0.2) is 16.0 Å². The topological polar surface area (TPSA) is 37.4 Å². The van der Waals surface area contributed by atoms with Crippen LogP contribution in [-0.2, 0) is 17.5 Å². The Balaban J connectivity index is 1.77. The fraction of sp³-hybridized carbons (Fsp3) is 0.111. The highest BCUT2D eigenvalue weighted by Crippen LogP contribution is 2.34. The Labute approximate surface area is 165 Å². The molecule has 26 heavy (non-hydrogen) atoms. The lowest BCUT2D eigenvalue weighted by molar-refractivity contribution is -0.137. The summed E-state index contributed by atoms with van der Waals surface area (Å²) in [7, 11) is 0. The standard InChI is InChI=1S/C18H11F3INO2S/c19-18(20,21)13-5-1-11(2-6-13)9-15-16(24)23(17(25)26-15)10-12-3-7-14(22)8-4-12/h1-9H,10H2/b15-9-. The molecule has 1 saturated heterocycles. The number of halogens is 4. The Morgan fingerprint density at radius 3 is 2.19 bits per heavy atom. The van der Waals surface area contributed by atoms with Crippen molar-refractivity contribution in [1.82, 2.24) is 4.90 Å². The molecule has 0 atom stereocenters. The predicted octanol–water partition coefficient (Wildman–Crippen LogP) is 5.55. The third-order valence-corrected chi connectivity index (χ3v) is 5.29. The van der Waals surface area contributed by atoms with Gasteiger partial charge in [0.15, 0.2) is 0 Å². The number of nitrogens with zero attached hydrogens (tertiary/aromatic N) is 1. The fourth-order valence-corrected chi connectivity index (χ4v) is 3.53. The van der Waals surface area contributed by atoms with Crippen molar-refractivity contribution in [2.24, 2.45) is 0 Å². The molecule has 2 amide bonds. The zero-order chi connectivity index (χ0) is 18.9. The lowest BCUT2D eigenvalue weighted by atomic mass is 10.1. The fourth-order valence-electron chi connectivity index (χ4n) is 2.33. The summed E-state index contributed by atoms with van der Waals surface area (Å²) in [6.45, 7) is 0.159. The van der Waals surface area contributed by atoms with Crippen LogP contribution in [0.5, 0.6) is 0 Å². The molecule has 0 N–H and O–H groups in total. The molecule has 1 aliphatic heterocycles. The summed E-state index contributed by atoms with van der Waals surface area (Å²) < 4.78 is 38.8. The van der Waals surface area contributed by atoms with Crippen LogP contribution < -0.4 is 0 Å². The van der Waals surface area contributed by atoms with Crippen molar-refractivity contribution in [3.8, 4) is 0 Å². The molecule has 0 saturated carbocycles. The van der Waals surface area contributed by atoms with Crippen LogP contribution in [0.4, 0.5) is 18.0 Å². The Hall–Kier alpha value is -1.81. The van der Waals surface area contributed by atoms with E-state index >= 15 is 0 Å². The van der Waals surface area contributed by atoms with Crippen LogP contribution in [0, 0.1) is 3.57 Å². The molecule has 1 fully saturated rings. The maximum Gasteiger partial charge on any atom is 0.416 e. The van der Waals surface area contributed by atoms with Crippen LogP contribution in [0.15, 0.2) is 53.4 Å². The highest BCUT2D eigenvalue weighted by atomic mass is 127. The molecule has 0 unspecified atom stereocenters. The van der Waals surface area contributed by atoms with Crippen LogP contribution in [0.1, 0.15) is 16.7 Å². The Morgan fingerprint density at radius 2 is 1.62 bits per heavy atom. The zero-order valence-corrected chi connectivity index (χ0v) is 16.1. The zero-order valence-electron chi connectivity index (χ0n) is 13.1. The molecule has 0 radical (unpaired) electrons. The SMILES string of the molecule is O=C1S/C(=C\c2ccc(C(F)(F)F)cc2)C(=O)N1Cc1ccc(I)cc1. The number of rotatable bonds is 3. The van der Waals surface area contributed by atoms with Crippen LogP contribution >= 0.6 is 34.4 Å². The van der Waals surface area contributed by atoms with Crippen molar-refractivity contribution in [1.29, 1.82) is 0 Å². The summed E-state index contributed by atoms with van der Waals surface area (Å²) in [5.74, 6) is -0.446. The number of hydrogen-bond acceptors (Lipinski definition) is 3. The maximum absolute atomic E-state index is 12.6. The van der Waals surface area contributed by atoms with E-state index in [0.29, 0.717) is 5.56 Å². The van der Waals surface area contributed by atoms with Gasteiger partial charge in [-0.25, -0.2) is 0 Å². The van der Waals surface area contributed by atoms with Gasteiger partial charge in [0, 0.05) is 3.57 Å². The first-order valence-electron chi connectivity index (χ1n) is 7.41. The minimum absolute atomic E-state index is 0.159. The number of alkyl halides is 3. The highest BCUT2D eigenvalue weighted by molar-refractivity contribution is 14.1. The maximum atomic E-state index is 12.6. The second-order valence-corrected chi connectivity index (χ2v) is 7.75. The number of carbonyl (C=O) groups excluding carboxylic acids is 2. The summed E-state index contributed by atoms with van der Waals surface area (Å²) >= 11 is 2.94. The van der Waals surface area contributed by atoms with Crippen molar-refractivity contribution in [2.75, 3.05) is 0 Å².